The lowest BCUT2D eigenvalue weighted by atomic mass is 10.3. The van der Waals surface area contributed by atoms with Crippen LogP contribution >= 0.6 is 27.3 Å². The predicted octanol–water partition coefficient (Wildman–Crippen LogP) is 2.05. The zero-order valence-corrected chi connectivity index (χ0v) is 12.5. The minimum atomic E-state index is -0.212. The third kappa shape index (κ3) is 2.64. The number of nitrogens with zero attached hydrogens (tertiary/aromatic N) is 2. The third-order valence-electron chi connectivity index (χ3n) is 2.53. The number of ether oxygens (including phenoxy) is 2. The van der Waals surface area contributed by atoms with E-state index in [2.05, 4.69) is 21.0 Å². The van der Waals surface area contributed by atoms with E-state index in [0.29, 0.717) is 18.6 Å². The van der Waals surface area contributed by atoms with Gasteiger partial charge in [-0.25, -0.2) is 4.68 Å². The van der Waals surface area contributed by atoms with Crippen molar-refractivity contribution in [3.8, 4) is 0 Å². The molecule has 0 atom stereocenters. The van der Waals surface area contributed by atoms with Crippen molar-refractivity contribution in [2.24, 2.45) is 0 Å². The number of methoxy groups -OCH3 is 2. The number of hydrogen-bond acceptors (Lipinski definition) is 5. The van der Waals surface area contributed by atoms with Gasteiger partial charge >= 0.3 is 0 Å². The fourth-order valence-electron chi connectivity index (χ4n) is 1.76. The van der Waals surface area contributed by atoms with Crippen LogP contribution in [0.2, 0.25) is 0 Å². The molecule has 18 heavy (non-hydrogen) atoms. The topological polar surface area (TPSA) is 53.4 Å². The molecule has 5 nitrogen and oxygen atoms in total. The van der Waals surface area contributed by atoms with Crippen molar-refractivity contribution < 1.29 is 9.47 Å². The van der Waals surface area contributed by atoms with E-state index in [1.165, 1.54) is 16.0 Å². The zero-order valence-electron chi connectivity index (χ0n) is 10.1. The van der Waals surface area contributed by atoms with Gasteiger partial charge in [-0.2, -0.15) is 5.10 Å². The molecule has 0 aliphatic rings. The largest absolute Gasteiger partial charge is 0.382 e. The van der Waals surface area contributed by atoms with Crippen LogP contribution in [0.15, 0.2) is 20.8 Å². The summed E-state index contributed by atoms with van der Waals surface area (Å²) in [6, 6.07) is 1.60. The lowest BCUT2D eigenvalue weighted by Gasteiger charge is -2.16. The molecule has 2 aromatic rings. The van der Waals surface area contributed by atoms with E-state index < -0.39 is 0 Å². The van der Waals surface area contributed by atoms with Crippen molar-refractivity contribution >= 4 is 37.4 Å². The number of hydrogen-bond donors (Lipinski definition) is 0. The summed E-state index contributed by atoms with van der Waals surface area (Å²) in [4.78, 5) is 12.3. The van der Waals surface area contributed by atoms with Crippen LogP contribution in [0.4, 0.5) is 0 Å². The van der Waals surface area contributed by atoms with Crippen LogP contribution in [0.3, 0.4) is 0 Å². The van der Waals surface area contributed by atoms with Crippen molar-refractivity contribution in [2.75, 3.05) is 27.4 Å². The van der Waals surface area contributed by atoms with Crippen LogP contribution < -0.4 is 5.56 Å². The first kappa shape index (κ1) is 13.7. The van der Waals surface area contributed by atoms with E-state index >= 15 is 0 Å². The van der Waals surface area contributed by atoms with Gasteiger partial charge in [0.2, 0.25) is 0 Å². The highest BCUT2D eigenvalue weighted by Crippen LogP contribution is 2.26. The smallest absolute Gasteiger partial charge is 0.275 e. The lowest BCUT2D eigenvalue weighted by Crippen LogP contribution is -2.32. The summed E-state index contributed by atoms with van der Waals surface area (Å²) in [5.74, 6) is 0. The maximum Gasteiger partial charge on any atom is 0.275 e. The summed E-state index contributed by atoms with van der Waals surface area (Å²) in [5, 5.41) is 4.86. The summed E-state index contributed by atoms with van der Waals surface area (Å²) in [7, 11) is 3.18. The van der Waals surface area contributed by atoms with Gasteiger partial charge in [-0.05, 0) is 22.0 Å². The van der Waals surface area contributed by atoms with Crippen molar-refractivity contribution in [1.82, 2.24) is 9.78 Å². The van der Waals surface area contributed by atoms with Gasteiger partial charge in [-0.15, -0.1) is 11.3 Å². The van der Waals surface area contributed by atoms with Gasteiger partial charge in [0.25, 0.3) is 5.56 Å². The number of thiophene rings is 1. The molecule has 7 heteroatoms. The summed E-state index contributed by atoms with van der Waals surface area (Å²) >= 11 is 4.87. The molecule has 0 radical (unpaired) electrons. The number of aromatic nitrogens is 2. The van der Waals surface area contributed by atoms with Crippen LogP contribution in [-0.4, -0.2) is 37.2 Å². The maximum atomic E-state index is 12.3. The van der Waals surface area contributed by atoms with Crippen molar-refractivity contribution in [1.29, 1.82) is 0 Å². The first-order valence-electron chi connectivity index (χ1n) is 5.32. The minimum Gasteiger partial charge on any atom is -0.382 e. The molecule has 0 aliphatic carbocycles. The Kier molecular flexibility index (Phi) is 4.50. The molecule has 0 fully saturated rings. The van der Waals surface area contributed by atoms with Crippen molar-refractivity contribution in [2.45, 2.75) is 6.04 Å². The molecular formula is C11H13BrN2O3S. The van der Waals surface area contributed by atoms with E-state index in [-0.39, 0.29) is 11.6 Å². The molecule has 0 spiro atoms. The average Bonchev–Trinajstić information content (AvgIpc) is 2.71. The number of fused-ring (bicyclic) bond motifs is 1. The molecule has 0 aliphatic heterocycles. The maximum absolute atomic E-state index is 12.3. The van der Waals surface area contributed by atoms with Crippen molar-refractivity contribution in [3.05, 3.63) is 26.4 Å². The zero-order chi connectivity index (χ0) is 13.1. The van der Waals surface area contributed by atoms with Crippen LogP contribution in [0.1, 0.15) is 6.04 Å². The molecule has 0 aromatic carbocycles. The van der Waals surface area contributed by atoms with Gasteiger partial charge in [0.15, 0.2) is 0 Å². The molecule has 0 amide bonds. The molecule has 2 heterocycles. The summed E-state index contributed by atoms with van der Waals surface area (Å²) in [5.41, 5.74) is -0.117. The molecule has 98 valence electrons. The Morgan fingerprint density at radius 1 is 1.44 bits per heavy atom. The summed E-state index contributed by atoms with van der Waals surface area (Å²) in [6.07, 6.45) is 1.70. The Morgan fingerprint density at radius 2 is 2.11 bits per heavy atom. The van der Waals surface area contributed by atoms with E-state index in [9.17, 15) is 4.79 Å². The first-order chi connectivity index (χ1) is 8.67. The molecule has 0 saturated carbocycles. The van der Waals surface area contributed by atoms with Gasteiger partial charge in [-0.1, -0.05) is 0 Å². The predicted molar refractivity (Wildman–Crippen MR) is 74.4 cm³/mol. The van der Waals surface area contributed by atoms with E-state index in [1.807, 2.05) is 6.07 Å². The Bertz CT molecular complexity index is 589. The second kappa shape index (κ2) is 5.92. The molecule has 0 unspecified atom stereocenters. The molecular weight excluding hydrogens is 320 g/mol. The fraction of sp³-hybridized carbons (Fsp3) is 0.455. The Balaban J connectivity index is 2.49. The summed E-state index contributed by atoms with van der Waals surface area (Å²) in [6.45, 7) is 0.773. The van der Waals surface area contributed by atoms with Gasteiger partial charge in [0.1, 0.15) is 6.04 Å². The number of rotatable bonds is 5. The minimum absolute atomic E-state index is 0.117. The fourth-order valence-corrected chi connectivity index (χ4v) is 3.26. The van der Waals surface area contributed by atoms with E-state index in [1.54, 1.807) is 20.4 Å². The highest BCUT2D eigenvalue weighted by molar-refractivity contribution is 9.11. The average molecular weight is 333 g/mol. The molecule has 2 rings (SSSR count). The van der Waals surface area contributed by atoms with Gasteiger partial charge in [0, 0.05) is 14.2 Å². The quantitative estimate of drug-likeness (QED) is 0.840. The monoisotopic (exact) mass is 332 g/mol. The Labute approximate surface area is 116 Å². The van der Waals surface area contributed by atoms with Crippen LogP contribution in [0, 0.1) is 0 Å². The van der Waals surface area contributed by atoms with Gasteiger partial charge < -0.3 is 9.47 Å². The van der Waals surface area contributed by atoms with Crippen molar-refractivity contribution in [3.63, 3.8) is 0 Å². The normalized spacial score (nSPS) is 11.6. The van der Waals surface area contributed by atoms with Crippen LogP contribution in [0.5, 0.6) is 0 Å². The third-order valence-corrected chi connectivity index (χ3v) is 4.11. The highest BCUT2D eigenvalue weighted by Gasteiger charge is 2.16. The molecule has 0 N–H and O–H groups in total. The Hall–Kier alpha value is -0.760. The van der Waals surface area contributed by atoms with E-state index in [4.69, 9.17) is 9.47 Å². The SMILES string of the molecule is COCC(COC)n1ncc2sc(Br)cc2c1=O. The lowest BCUT2D eigenvalue weighted by molar-refractivity contribution is 0.0818. The Morgan fingerprint density at radius 3 is 2.72 bits per heavy atom. The summed E-state index contributed by atoms with van der Waals surface area (Å²) < 4.78 is 13.4. The number of halogens is 1. The molecule has 0 saturated heterocycles. The molecule has 0 bridgehead atoms. The van der Waals surface area contributed by atoms with Gasteiger partial charge in [0.05, 0.1) is 33.3 Å². The first-order valence-corrected chi connectivity index (χ1v) is 6.93. The van der Waals surface area contributed by atoms with Gasteiger partial charge in [-0.3, -0.25) is 4.79 Å². The van der Waals surface area contributed by atoms with E-state index in [0.717, 1.165) is 8.49 Å². The molecule has 2 aromatic heterocycles. The second-order valence-corrected chi connectivity index (χ2v) is 6.25. The standard InChI is InChI=1S/C11H13BrN2O3S/c1-16-5-7(6-17-2)14-11(15)8-3-10(12)18-9(8)4-13-14/h3-4,7H,5-6H2,1-2H3. The highest BCUT2D eigenvalue weighted by atomic mass is 79.9. The van der Waals surface area contributed by atoms with Crippen LogP contribution in [-0.2, 0) is 9.47 Å². The second-order valence-electron chi connectivity index (χ2n) is 3.79. The van der Waals surface area contributed by atoms with Crippen LogP contribution in [0.25, 0.3) is 10.1 Å².